The highest BCUT2D eigenvalue weighted by molar-refractivity contribution is 5.81. The number of amides is 2. The van der Waals surface area contributed by atoms with E-state index in [1.807, 2.05) is 37.3 Å². The molecule has 204 valence electrons. The van der Waals surface area contributed by atoms with Crippen molar-refractivity contribution in [3.8, 4) is 0 Å². The van der Waals surface area contributed by atoms with Crippen LogP contribution in [0.25, 0.3) is 0 Å². The molecule has 0 aliphatic heterocycles. The van der Waals surface area contributed by atoms with Crippen molar-refractivity contribution >= 4 is 11.9 Å². The van der Waals surface area contributed by atoms with Crippen LogP contribution in [0.1, 0.15) is 68.6 Å². The fourth-order valence-electron chi connectivity index (χ4n) is 5.58. The second-order valence-corrected chi connectivity index (χ2v) is 10.3. The standard InChI is InChI=1S/C28H38N6O4/c1-19(14-22-17-33(18-32-22)28(29)38)34(27(37)24(35)16-21-10-6-3-7-11-21)23(15-20-8-4-2-5-9-20)25(36)26-30-12-13-31-26/h3,6-7,10-13,17-20,23-25,35-36H,2,4-5,8-9,14-16H2,1H3,(H2,29,38)(H,30,31)/t19-,23+,24+,25-/m1/s1. The van der Waals surface area contributed by atoms with Crippen molar-refractivity contribution in [2.24, 2.45) is 11.7 Å². The molecule has 0 radical (unpaired) electrons. The number of H-pyrrole nitrogens is 1. The summed E-state index contributed by atoms with van der Waals surface area (Å²) in [5.41, 5.74) is 6.79. The Labute approximate surface area is 222 Å². The molecule has 1 aliphatic rings. The second kappa shape index (κ2) is 12.8. The van der Waals surface area contributed by atoms with E-state index in [0.29, 0.717) is 30.3 Å². The second-order valence-electron chi connectivity index (χ2n) is 10.3. The Balaban J connectivity index is 1.66. The number of benzene rings is 1. The Morgan fingerprint density at radius 3 is 2.50 bits per heavy atom. The van der Waals surface area contributed by atoms with E-state index >= 15 is 0 Å². The average molecular weight is 523 g/mol. The topological polar surface area (TPSA) is 150 Å². The molecule has 38 heavy (non-hydrogen) atoms. The first-order valence-electron chi connectivity index (χ1n) is 13.4. The Hall–Kier alpha value is -3.50. The zero-order chi connectivity index (χ0) is 27.1. The third-order valence-corrected chi connectivity index (χ3v) is 7.50. The molecule has 0 spiro atoms. The lowest BCUT2D eigenvalue weighted by Gasteiger charge is -2.41. The molecule has 0 unspecified atom stereocenters. The maximum Gasteiger partial charge on any atom is 0.324 e. The van der Waals surface area contributed by atoms with Crippen molar-refractivity contribution in [2.75, 3.05) is 0 Å². The first-order valence-corrected chi connectivity index (χ1v) is 13.4. The number of hydrogen-bond donors (Lipinski definition) is 4. The number of rotatable bonds is 11. The number of hydrogen-bond acceptors (Lipinski definition) is 6. The summed E-state index contributed by atoms with van der Waals surface area (Å²) in [6.45, 7) is 1.87. The molecule has 4 atom stereocenters. The van der Waals surface area contributed by atoms with Gasteiger partial charge in [0.15, 0.2) is 0 Å². The van der Waals surface area contributed by atoms with Crippen LogP contribution in [-0.2, 0) is 17.6 Å². The largest absolute Gasteiger partial charge is 0.383 e. The normalized spacial score (nSPS) is 17.4. The molecule has 2 aromatic heterocycles. The van der Waals surface area contributed by atoms with Crippen molar-refractivity contribution in [2.45, 2.75) is 82.6 Å². The lowest BCUT2D eigenvalue weighted by atomic mass is 9.82. The summed E-state index contributed by atoms with van der Waals surface area (Å²) in [7, 11) is 0. The number of carbonyl (C=O) groups is 2. The van der Waals surface area contributed by atoms with Crippen LogP contribution in [-0.4, -0.2) is 64.8 Å². The monoisotopic (exact) mass is 522 g/mol. The summed E-state index contributed by atoms with van der Waals surface area (Å²) in [5.74, 6) is 0.273. The van der Waals surface area contributed by atoms with Gasteiger partial charge < -0.3 is 25.8 Å². The van der Waals surface area contributed by atoms with Gasteiger partial charge in [0, 0.05) is 37.5 Å². The number of nitrogens with two attached hydrogens (primary N) is 1. The van der Waals surface area contributed by atoms with Crippen LogP contribution in [0.2, 0.25) is 0 Å². The number of nitrogens with zero attached hydrogens (tertiary/aromatic N) is 4. The molecule has 0 saturated heterocycles. The van der Waals surface area contributed by atoms with Gasteiger partial charge >= 0.3 is 6.03 Å². The van der Waals surface area contributed by atoms with Crippen molar-refractivity contribution in [1.82, 2.24) is 24.4 Å². The van der Waals surface area contributed by atoms with Gasteiger partial charge in [-0.25, -0.2) is 14.8 Å². The summed E-state index contributed by atoms with van der Waals surface area (Å²) >= 11 is 0. The number of nitrogens with one attached hydrogen (secondary N) is 1. The number of aromatic amines is 1. The van der Waals surface area contributed by atoms with Gasteiger partial charge in [0.05, 0.1) is 11.7 Å². The highest BCUT2D eigenvalue weighted by atomic mass is 16.3. The first-order chi connectivity index (χ1) is 18.3. The predicted molar refractivity (Wildman–Crippen MR) is 142 cm³/mol. The van der Waals surface area contributed by atoms with Gasteiger partial charge in [-0.3, -0.25) is 9.36 Å². The van der Waals surface area contributed by atoms with Gasteiger partial charge in [-0.15, -0.1) is 0 Å². The van der Waals surface area contributed by atoms with Crippen LogP contribution < -0.4 is 5.73 Å². The van der Waals surface area contributed by atoms with E-state index in [1.54, 1.807) is 23.5 Å². The van der Waals surface area contributed by atoms with Gasteiger partial charge in [-0.1, -0.05) is 62.4 Å². The zero-order valence-electron chi connectivity index (χ0n) is 21.8. The molecule has 3 aromatic rings. The Bertz CT molecular complexity index is 1160. The van der Waals surface area contributed by atoms with Crippen LogP contribution in [0, 0.1) is 5.92 Å². The van der Waals surface area contributed by atoms with Crippen LogP contribution >= 0.6 is 0 Å². The summed E-state index contributed by atoms with van der Waals surface area (Å²) in [4.78, 5) is 38.7. The summed E-state index contributed by atoms with van der Waals surface area (Å²) in [6.07, 6.45) is 10.3. The molecule has 1 aliphatic carbocycles. The molecule has 1 fully saturated rings. The van der Waals surface area contributed by atoms with Crippen molar-refractivity contribution in [3.63, 3.8) is 0 Å². The molecule has 1 aromatic carbocycles. The lowest BCUT2D eigenvalue weighted by molar-refractivity contribution is -0.149. The summed E-state index contributed by atoms with van der Waals surface area (Å²) in [6, 6.07) is 7.67. The van der Waals surface area contributed by atoms with Crippen molar-refractivity contribution in [1.29, 1.82) is 0 Å². The van der Waals surface area contributed by atoms with E-state index in [2.05, 4.69) is 15.0 Å². The fraction of sp³-hybridized carbons (Fsp3) is 0.500. The van der Waals surface area contributed by atoms with Gasteiger partial charge in [0.2, 0.25) is 0 Å². The first kappa shape index (κ1) is 27.5. The van der Waals surface area contributed by atoms with E-state index in [4.69, 9.17) is 5.73 Å². The van der Waals surface area contributed by atoms with Crippen molar-refractivity contribution < 1.29 is 19.8 Å². The Kier molecular flexibility index (Phi) is 9.30. The number of carbonyl (C=O) groups excluding carboxylic acids is 2. The van der Waals surface area contributed by atoms with Crippen LogP contribution in [0.3, 0.4) is 0 Å². The minimum absolute atomic E-state index is 0.159. The van der Waals surface area contributed by atoms with Gasteiger partial charge in [0.1, 0.15) is 24.4 Å². The molecule has 2 heterocycles. The van der Waals surface area contributed by atoms with E-state index in [1.165, 1.54) is 17.3 Å². The molecular weight excluding hydrogens is 484 g/mol. The maximum absolute atomic E-state index is 14.0. The molecule has 4 rings (SSSR count). The Morgan fingerprint density at radius 2 is 1.87 bits per heavy atom. The molecule has 10 heteroatoms. The summed E-state index contributed by atoms with van der Waals surface area (Å²) < 4.78 is 1.19. The number of aliphatic hydroxyl groups excluding tert-OH is 2. The van der Waals surface area contributed by atoms with E-state index in [-0.39, 0.29) is 6.42 Å². The predicted octanol–water partition coefficient (Wildman–Crippen LogP) is 2.97. The maximum atomic E-state index is 14.0. The van der Waals surface area contributed by atoms with Crippen LogP contribution in [0.4, 0.5) is 4.79 Å². The molecule has 10 nitrogen and oxygen atoms in total. The smallest absolute Gasteiger partial charge is 0.324 e. The fourth-order valence-corrected chi connectivity index (χ4v) is 5.58. The van der Waals surface area contributed by atoms with E-state index in [0.717, 1.165) is 31.2 Å². The number of primary amides is 1. The summed E-state index contributed by atoms with van der Waals surface area (Å²) in [5, 5.41) is 22.7. The highest BCUT2D eigenvalue weighted by Gasteiger charge is 2.39. The molecule has 2 amide bonds. The minimum Gasteiger partial charge on any atom is -0.383 e. The number of aromatic nitrogens is 4. The van der Waals surface area contributed by atoms with E-state index in [9.17, 15) is 19.8 Å². The van der Waals surface area contributed by atoms with Crippen LogP contribution in [0.15, 0.2) is 55.2 Å². The highest BCUT2D eigenvalue weighted by Crippen LogP contribution is 2.34. The minimum atomic E-state index is -1.29. The van der Waals surface area contributed by atoms with Crippen molar-refractivity contribution in [3.05, 3.63) is 72.3 Å². The molecule has 5 N–H and O–H groups in total. The molecular formula is C28H38N6O4. The SMILES string of the molecule is C[C@H](Cc1cn(C(N)=O)cn1)N(C(=O)[C@@H](O)Cc1ccccc1)[C@@H](CC1CCCCC1)[C@@H](O)c1ncc[nH]1. The zero-order valence-corrected chi connectivity index (χ0v) is 21.8. The number of aliphatic hydroxyl groups is 2. The van der Waals surface area contributed by atoms with Gasteiger partial charge in [0.25, 0.3) is 5.91 Å². The lowest BCUT2D eigenvalue weighted by Crippen LogP contribution is -2.54. The van der Waals surface area contributed by atoms with Gasteiger partial charge in [-0.2, -0.15) is 0 Å². The quantitative estimate of drug-likeness (QED) is 0.304. The third kappa shape index (κ3) is 6.87. The molecule has 0 bridgehead atoms. The van der Waals surface area contributed by atoms with Crippen LogP contribution in [0.5, 0.6) is 0 Å². The van der Waals surface area contributed by atoms with Gasteiger partial charge in [-0.05, 0) is 24.8 Å². The Morgan fingerprint density at radius 1 is 1.13 bits per heavy atom. The van der Waals surface area contributed by atoms with E-state index < -0.39 is 36.2 Å². The average Bonchev–Trinajstić information content (AvgIpc) is 3.62. The molecule has 1 saturated carbocycles. The number of imidazole rings is 2. The third-order valence-electron chi connectivity index (χ3n) is 7.50.